The number of rotatable bonds is 3. The van der Waals surface area contributed by atoms with Crippen LogP contribution in [0.3, 0.4) is 0 Å². The minimum atomic E-state index is -0.422. The summed E-state index contributed by atoms with van der Waals surface area (Å²) in [6.45, 7) is 6.28. The largest absolute Gasteiger partial charge is 0.389 e. The van der Waals surface area contributed by atoms with Gasteiger partial charge in [-0.05, 0) is 38.0 Å². The highest BCUT2D eigenvalue weighted by molar-refractivity contribution is 9.10. The van der Waals surface area contributed by atoms with Gasteiger partial charge in [-0.1, -0.05) is 15.9 Å². The van der Waals surface area contributed by atoms with Gasteiger partial charge in [0.2, 0.25) is 0 Å². The minimum absolute atomic E-state index is 0.422. The number of piperazine rings is 1. The van der Waals surface area contributed by atoms with Gasteiger partial charge in [-0.15, -0.1) is 0 Å². The topological polar surface area (TPSA) is 26.7 Å². The Balaban J connectivity index is 1.75. The smallest absolute Gasteiger partial charge is 0.0782 e. The van der Waals surface area contributed by atoms with E-state index in [1.807, 2.05) is 13.0 Å². The molecule has 0 aromatic heterocycles. The highest BCUT2D eigenvalue weighted by atomic mass is 79.9. The van der Waals surface area contributed by atoms with Gasteiger partial charge in [0.25, 0.3) is 0 Å². The summed E-state index contributed by atoms with van der Waals surface area (Å²) in [7, 11) is 0. The molecule has 0 amide bonds. The molecule has 3 nitrogen and oxygen atoms in total. The average molecular weight is 325 g/mol. The van der Waals surface area contributed by atoms with Crippen molar-refractivity contribution in [2.75, 3.05) is 31.1 Å². The first-order valence-electron chi connectivity index (χ1n) is 7.11. The van der Waals surface area contributed by atoms with Gasteiger partial charge in [0.1, 0.15) is 0 Å². The van der Waals surface area contributed by atoms with Crippen molar-refractivity contribution in [1.29, 1.82) is 0 Å². The molecular weight excluding hydrogens is 304 g/mol. The molecule has 104 valence electrons. The van der Waals surface area contributed by atoms with E-state index in [0.717, 1.165) is 42.3 Å². The van der Waals surface area contributed by atoms with Crippen LogP contribution in [0.15, 0.2) is 22.7 Å². The van der Waals surface area contributed by atoms with Crippen LogP contribution in [0, 0.1) is 0 Å². The molecule has 1 atom stereocenters. The molecule has 1 heterocycles. The van der Waals surface area contributed by atoms with E-state index < -0.39 is 6.10 Å². The quantitative estimate of drug-likeness (QED) is 0.926. The lowest BCUT2D eigenvalue weighted by Gasteiger charge is -2.37. The Morgan fingerprint density at radius 3 is 2.47 bits per heavy atom. The molecule has 2 fully saturated rings. The van der Waals surface area contributed by atoms with Crippen LogP contribution in [0.1, 0.15) is 31.4 Å². The second-order valence-corrected chi connectivity index (χ2v) is 6.55. The van der Waals surface area contributed by atoms with Crippen molar-refractivity contribution in [1.82, 2.24) is 4.90 Å². The molecule has 1 aromatic carbocycles. The molecule has 4 heteroatoms. The van der Waals surface area contributed by atoms with Gasteiger partial charge in [0.05, 0.1) is 6.10 Å². The van der Waals surface area contributed by atoms with E-state index in [2.05, 4.69) is 37.9 Å². The number of hydrogen-bond donors (Lipinski definition) is 1. The summed E-state index contributed by atoms with van der Waals surface area (Å²) in [6.07, 6.45) is 2.35. The van der Waals surface area contributed by atoms with Crippen LogP contribution in [0.4, 0.5) is 5.69 Å². The third-order valence-corrected chi connectivity index (χ3v) is 4.65. The Bertz CT molecular complexity index is 451. The maximum absolute atomic E-state index is 9.95. The summed E-state index contributed by atoms with van der Waals surface area (Å²) in [5.41, 5.74) is 2.21. The van der Waals surface area contributed by atoms with E-state index in [1.54, 1.807) is 0 Å². The standard InChI is InChI=1S/C15H21BrN2O/c1-11(19)14-10-12(16)2-5-15(14)18-8-6-17(7-9-18)13-3-4-13/h2,5,10-11,13,19H,3-4,6-9H2,1H3. The van der Waals surface area contributed by atoms with Gasteiger partial charge >= 0.3 is 0 Å². The zero-order chi connectivity index (χ0) is 13.4. The van der Waals surface area contributed by atoms with Gasteiger partial charge in [-0.25, -0.2) is 0 Å². The number of aliphatic hydroxyl groups excluding tert-OH is 1. The first kappa shape index (κ1) is 13.4. The third kappa shape index (κ3) is 2.96. The van der Waals surface area contributed by atoms with E-state index in [9.17, 15) is 5.11 Å². The number of benzene rings is 1. The van der Waals surface area contributed by atoms with Crippen LogP contribution >= 0.6 is 15.9 Å². The van der Waals surface area contributed by atoms with Gasteiger partial charge in [-0.3, -0.25) is 4.90 Å². The maximum Gasteiger partial charge on any atom is 0.0782 e. The second-order valence-electron chi connectivity index (χ2n) is 5.63. The summed E-state index contributed by atoms with van der Waals surface area (Å²) in [5, 5.41) is 9.95. The van der Waals surface area contributed by atoms with Crippen molar-refractivity contribution in [3.63, 3.8) is 0 Å². The molecule has 1 unspecified atom stereocenters. The van der Waals surface area contributed by atoms with E-state index in [1.165, 1.54) is 18.5 Å². The number of halogens is 1. The SMILES string of the molecule is CC(O)c1cc(Br)ccc1N1CCN(C2CC2)CC1. The fourth-order valence-electron chi connectivity index (χ4n) is 2.92. The molecule has 19 heavy (non-hydrogen) atoms. The van der Waals surface area contributed by atoms with E-state index in [-0.39, 0.29) is 0 Å². The molecule has 0 radical (unpaired) electrons. The lowest BCUT2D eigenvalue weighted by Crippen LogP contribution is -2.47. The summed E-state index contributed by atoms with van der Waals surface area (Å²) in [5.74, 6) is 0. The molecule has 0 bridgehead atoms. The molecule has 1 aromatic rings. The van der Waals surface area contributed by atoms with Crippen molar-refractivity contribution in [2.45, 2.75) is 31.9 Å². The van der Waals surface area contributed by atoms with Crippen LogP contribution in [0.25, 0.3) is 0 Å². The Kier molecular flexibility index (Phi) is 3.83. The molecule has 2 aliphatic rings. The minimum Gasteiger partial charge on any atom is -0.389 e. The van der Waals surface area contributed by atoms with Gasteiger partial charge in [0.15, 0.2) is 0 Å². The molecule has 1 saturated heterocycles. The lowest BCUT2D eigenvalue weighted by atomic mass is 10.1. The molecule has 3 rings (SSSR count). The predicted octanol–water partition coefficient (Wildman–Crippen LogP) is 2.79. The molecule has 1 aliphatic heterocycles. The molecule has 1 aliphatic carbocycles. The van der Waals surface area contributed by atoms with Crippen LogP contribution in [0.2, 0.25) is 0 Å². The van der Waals surface area contributed by atoms with E-state index >= 15 is 0 Å². The summed E-state index contributed by atoms with van der Waals surface area (Å²) >= 11 is 3.49. The highest BCUT2D eigenvalue weighted by Gasteiger charge is 2.31. The fraction of sp³-hybridized carbons (Fsp3) is 0.600. The molecule has 1 N–H and O–H groups in total. The van der Waals surface area contributed by atoms with Gasteiger partial charge in [-0.2, -0.15) is 0 Å². The number of hydrogen-bond acceptors (Lipinski definition) is 3. The Morgan fingerprint density at radius 2 is 1.89 bits per heavy atom. The van der Waals surface area contributed by atoms with Crippen LogP contribution < -0.4 is 4.90 Å². The summed E-state index contributed by atoms with van der Waals surface area (Å²) in [4.78, 5) is 5.02. The maximum atomic E-state index is 9.95. The van der Waals surface area contributed by atoms with Crippen LogP contribution in [0.5, 0.6) is 0 Å². The lowest BCUT2D eigenvalue weighted by molar-refractivity contribution is 0.198. The van der Waals surface area contributed by atoms with Crippen molar-refractivity contribution in [3.8, 4) is 0 Å². The average Bonchev–Trinajstić information content (AvgIpc) is 3.23. The van der Waals surface area contributed by atoms with Gasteiger partial charge in [0, 0.05) is 47.9 Å². The predicted molar refractivity (Wildman–Crippen MR) is 81.6 cm³/mol. The normalized spacial score (nSPS) is 22.6. The summed E-state index contributed by atoms with van der Waals surface area (Å²) in [6, 6.07) is 7.09. The summed E-state index contributed by atoms with van der Waals surface area (Å²) < 4.78 is 1.03. The number of anilines is 1. The molecule has 1 saturated carbocycles. The van der Waals surface area contributed by atoms with Crippen LogP contribution in [-0.4, -0.2) is 42.2 Å². The van der Waals surface area contributed by atoms with Crippen molar-refractivity contribution < 1.29 is 5.11 Å². The zero-order valence-electron chi connectivity index (χ0n) is 11.3. The highest BCUT2D eigenvalue weighted by Crippen LogP contribution is 2.32. The van der Waals surface area contributed by atoms with Crippen molar-refractivity contribution >= 4 is 21.6 Å². The Labute approximate surface area is 123 Å². The van der Waals surface area contributed by atoms with E-state index in [0.29, 0.717) is 0 Å². The number of aliphatic hydroxyl groups is 1. The first-order valence-corrected chi connectivity index (χ1v) is 7.91. The zero-order valence-corrected chi connectivity index (χ0v) is 12.9. The van der Waals surface area contributed by atoms with Gasteiger partial charge < -0.3 is 10.0 Å². The van der Waals surface area contributed by atoms with Crippen molar-refractivity contribution in [3.05, 3.63) is 28.2 Å². The Hall–Kier alpha value is -0.580. The van der Waals surface area contributed by atoms with Crippen molar-refractivity contribution in [2.24, 2.45) is 0 Å². The first-order chi connectivity index (χ1) is 9.15. The molecule has 0 spiro atoms. The Morgan fingerprint density at radius 1 is 1.21 bits per heavy atom. The number of nitrogens with zero attached hydrogens (tertiary/aromatic N) is 2. The van der Waals surface area contributed by atoms with E-state index in [4.69, 9.17) is 0 Å². The molecular formula is C15H21BrN2O. The van der Waals surface area contributed by atoms with Crippen LogP contribution in [-0.2, 0) is 0 Å². The monoisotopic (exact) mass is 324 g/mol. The third-order valence-electron chi connectivity index (χ3n) is 4.16. The fourth-order valence-corrected chi connectivity index (χ4v) is 3.29. The second kappa shape index (κ2) is 5.43.